The van der Waals surface area contributed by atoms with Crippen LogP contribution < -0.4 is 15.1 Å². The summed E-state index contributed by atoms with van der Waals surface area (Å²) >= 11 is 0. The van der Waals surface area contributed by atoms with Crippen molar-refractivity contribution < 1.29 is 23.4 Å². The van der Waals surface area contributed by atoms with Gasteiger partial charge in [-0.15, -0.1) is 0 Å². The minimum Gasteiger partial charge on any atom is -0.472 e. The second-order valence-electron chi connectivity index (χ2n) is 11.6. The van der Waals surface area contributed by atoms with E-state index in [0.29, 0.717) is 61.5 Å². The summed E-state index contributed by atoms with van der Waals surface area (Å²) in [6.45, 7) is 13.9. The SMILES string of the molecule is CCN1c2cc(N3CCOCC3)c(F)cc2N[C@H]2C(C(=O)OC3CCC(C(C)(C)C)CC3)=C(C)O[C@@H]21. The topological polar surface area (TPSA) is 63.3 Å². The van der Waals surface area contributed by atoms with Gasteiger partial charge in [-0.2, -0.15) is 0 Å². The Balaban J connectivity index is 1.33. The molecule has 0 unspecified atom stereocenters. The predicted octanol–water partition coefficient (Wildman–Crippen LogP) is 5.06. The van der Waals surface area contributed by atoms with Crippen LogP contribution >= 0.6 is 0 Å². The fourth-order valence-electron chi connectivity index (χ4n) is 6.20. The number of allylic oxidation sites excluding steroid dienone is 1. The van der Waals surface area contributed by atoms with Crippen LogP contribution in [0.1, 0.15) is 60.3 Å². The maximum absolute atomic E-state index is 15.2. The summed E-state index contributed by atoms with van der Waals surface area (Å²) in [4.78, 5) is 17.5. The van der Waals surface area contributed by atoms with Crippen LogP contribution in [0.5, 0.6) is 0 Å². The van der Waals surface area contributed by atoms with Crippen molar-refractivity contribution in [3.63, 3.8) is 0 Å². The molecule has 0 aromatic heterocycles. The number of anilines is 3. The van der Waals surface area contributed by atoms with Crippen molar-refractivity contribution in [1.29, 1.82) is 0 Å². The highest BCUT2D eigenvalue weighted by atomic mass is 19.1. The van der Waals surface area contributed by atoms with E-state index in [1.54, 1.807) is 6.07 Å². The van der Waals surface area contributed by atoms with E-state index in [1.807, 2.05) is 24.8 Å². The first-order valence-electron chi connectivity index (χ1n) is 13.4. The molecule has 0 spiro atoms. The molecule has 198 valence electrons. The van der Waals surface area contributed by atoms with Gasteiger partial charge in [0, 0.05) is 25.7 Å². The molecule has 0 bridgehead atoms. The molecule has 1 N–H and O–H groups in total. The average molecular weight is 502 g/mol. The van der Waals surface area contributed by atoms with E-state index >= 15 is 4.39 Å². The van der Waals surface area contributed by atoms with Crippen LogP contribution in [0, 0.1) is 17.2 Å². The van der Waals surface area contributed by atoms with E-state index in [0.717, 1.165) is 31.4 Å². The zero-order valence-corrected chi connectivity index (χ0v) is 22.2. The number of hydrogen-bond donors (Lipinski definition) is 1. The number of morpholine rings is 1. The van der Waals surface area contributed by atoms with Crippen LogP contribution in [0.15, 0.2) is 23.5 Å². The van der Waals surface area contributed by atoms with Crippen molar-refractivity contribution in [2.24, 2.45) is 11.3 Å². The third kappa shape index (κ3) is 4.64. The van der Waals surface area contributed by atoms with E-state index in [-0.39, 0.29) is 29.5 Å². The van der Waals surface area contributed by atoms with Gasteiger partial charge in [0.25, 0.3) is 0 Å². The Kier molecular flexibility index (Phi) is 6.83. The smallest absolute Gasteiger partial charge is 0.340 e. The van der Waals surface area contributed by atoms with Gasteiger partial charge in [-0.3, -0.25) is 0 Å². The third-order valence-corrected chi connectivity index (χ3v) is 8.35. The Morgan fingerprint density at radius 1 is 1.14 bits per heavy atom. The van der Waals surface area contributed by atoms with Crippen LogP contribution in [0.25, 0.3) is 0 Å². The van der Waals surface area contributed by atoms with Gasteiger partial charge in [0.05, 0.1) is 30.3 Å². The lowest BCUT2D eigenvalue weighted by atomic mass is 9.72. The normalized spacial score (nSPS) is 28.3. The Morgan fingerprint density at radius 2 is 1.83 bits per heavy atom. The summed E-state index contributed by atoms with van der Waals surface area (Å²) in [5.41, 5.74) is 2.91. The lowest BCUT2D eigenvalue weighted by Gasteiger charge is -2.41. The van der Waals surface area contributed by atoms with Crippen molar-refractivity contribution >= 4 is 23.0 Å². The van der Waals surface area contributed by atoms with E-state index in [9.17, 15) is 4.79 Å². The minimum absolute atomic E-state index is 0.0675. The molecule has 7 nitrogen and oxygen atoms in total. The Labute approximate surface area is 213 Å². The van der Waals surface area contributed by atoms with E-state index in [4.69, 9.17) is 14.2 Å². The third-order valence-electron chi connectivity index (χ3n) is 8.35. The number of nitrogens with zero attached hydrogens (tertiary/aromatic N) is 2. The largest absolute Gasteiger partial charge is 0.472 e. The van der Waals surface area contributed by atoms with Crippen LogP contribution in [0.2, 0.25) is 0 Å². The van der Waals surface area contributed by atoms with E-state index in [2.05, 4.69) is 31.0 Å². The quantitative estimate of drug-likeness (QED) is 0.579. The van der Waals surface area contributed by atoms with Gasteiger partial charge in [0.2, 0.25) is 0 Å². The lowest BCUT2D eigenvalue weighted by molar-refractivity contribution is -0.146. The number of esters is 1. The molecule has 0 radical (unpaired) electrons. The second kappa shape index (κ2) is 9.77. The van der Waals surface area contributed by atoms with Gasteiger partial charge in [-0.25, -0.2) is 9.18 Å². The van der Waals surface area contributed by atoms with Crippen LogP contribution in [-0.4, -0.2) is 57.2 Å². The number of carbonyl (C=O) groups excluding carboxylic acids is 1. The van der Waals surface area contributed by atoms with Crippen LogP contribution in [0.3, 0.4) is 0 Å². The highest BCUT2D eigenvalue weighted by molar-refractivity contribution is 5.93. The first-order chi connectivity index (χ1) is 17.2. The monoisotopic (exact) mass is 501 g/mol. The maximum atomic E-state index is 15.2. The molecule has 1 saturated carbocycles. The molecular formula is C28H40FN3O4. The van der Waals surface area contributed by atoms with Gasteiger partial charge in [0.15, 0.2) is 6.23 Å². The summed E-state index contributed by atoms with van der Waals surface area (Å²) < 4.78 is 32.9. The molecular weight excluding hydrogens is 461 g/mol. The number of rotatable bonds is 4. The van der Waals surface area contributed by atoms with E-state index in [1.165, 1.54) is 0 Å². The van der Waals surface area contributed by atoms with Crippen LogP contribution in [-0.2, 0) is 19.0 Å². The van der Waals surface area contributed by atoms with Crippen molar-refractivity contribution in [1.82, 2.24) is 0 Å². The molecule has 0 amide bonds. The molecule has 8 heteroatoms. The zero-order chi connectivity index (χ0) is 25.6. The summed E-state index contributed by atoms with van der Waals surface area (Å²) in [6, 6.07) is 3.03. The summed E-state index contributed by atoms with van der Waals surface area (Å²) in [5.74, 6) is 0.624. The lowest BCUT2D eigenvalue weighted by Crippen LogP contribution is -2.51. The maximum Gasteiger partial charge on any atom is 0.340 e. The summed E-state index contributed by atoms with van der Waals surface area (Å²) in [5, 5.41) is 3.41. The van der Waals surface area contributed by atoms with Gasteiger partial charge >= 0.3 is 5.97 Å². The molecule has 1 aromatic carbocycles. The molecule has 1 aromatic rings. The number of halogens is 1. The highest BCUT2D eigenvalue weighted by Crippen LogP contribution is 2.44. The number of hydrogen-bond acceptors (Lipinski definition) is 7. The van der Waals surface area contributed by atoms with Crippen molar-refractivity contribution in [2.75, 3.05) is 48.0 Å². The highest BCUT2D eigenvalue weighted by Gasteiger charge is 2.47. The average Bonchev–Trinajstić information content (AvgIpc) is 3.17. The number of nitrogens with one attached hydrogen (secondary N) is 1. The Bertz CT molecular complexity index is 1020. The van der Waals surface area contributed by atoms with Crippen molar-refractivity contribution in [3.8, 4) is 0 Å². The van der Waals surface area contributed by atoms with Gasteiger partial charge in [-0.05, 0) is 56.9 Å². The zero-order valence-electron chi connectivity index (χ0n) is 22.2. The molecule has 1 saturated heterocycles. The van der Waals surface area contributed by atoms with Crippen molar-refractivity contribution in [2.45, 2.75) is 78.7 Å². The summed E-state index contributed by atoms with van der Waals surface area (Å²) in [7, 11) is 0. The number of benzene rings is 1. The van der Waals surface area contributed by atoms with Gasteiger partial charge in [0.1, 0.15) is 29.3 Å². The predicted molar refractivity (Wildman–Crippen MR) is 139 cm³/mol. The first kappa shape index (κ1) is 25.2. The van der Waals surface area contributed by atoms with E-state index < -0.39 is 6.04 Å². The molecule has 4 aliphatic rings. The first-order valence-corrected chi connectivity index (χ1v) is 13.4. The molecule has 3 heterocycles. The molecule has 1 aliphatic carbocycles. The van der Waals surface area contributed by atoms with Gasteiger partial charge in [-0.1, -0.05) is 20.8 Å². The number of likely N-dealkylation sites (N-methyl/N-ethyl adjacent to an activating group) is 1. The molecule has 5 rings (SSSR count). The number of fused-ring (bicyclic) bond motifs is 2. The minimum atomic E-state index is -0.412. The fourth-order valence-corrected chi connectivity index (χ4v) is 6.20. The Morgan fingerprint density at radius 3 is 2.47 bits per heavy atom. The Hall–Kier alpha value is -2.48. The molecule has 2 atom stereocenters. The fraction of sp³-hybridized carbons (Fsp3) is 0.679. The second-order valence-corrected chi connectivity index (χ2v) is 11.6. The van der Waals surface area contributed by atoms with Crippen molar-refractivity contribution in [3.05, 3.63) is 29.3 Å². The number of ether oxygens (including phenoxy) is 3. The molecule has 2 fully saturated rings. The standard InChI is InChI=1S/C28H40FN3O4/c1-6-32-23-16-22(31-11-13-34-14-12-31)20(29)15-21(23)30-25-24(17(2)35-26(25)32)27(33)36-19-9-7-18(8-10-19)28(3,4)5/h15-16,18-19,25-26,30H,6-14H2,1-5H3/t18?,19?,25-,26-/m0/s1. The molecule has 3 aliphatic heterocycles. The van der Waals surface area contributed by atoms with Gasteiger partial charge < -0.3 is 29.3 Å². The summed E-state index contributed by atoms with van der Waals surface area (Å²) in [6.07, 6.45) is 3.47. The van der Waals surface area contributed by atoms with Crippen LogP contribution in [0.4, 0.5) is 21.5 Å². The number of carbonyl (C=O) groups is 1. The molecule has 36 heavy (non-hydrogen) atoms.